The van der Waals surface area contributed by atoms with Crippen LogP contribution in [0.5, 0.6) is 5.75 Å². The van der Waals surface area contributed by atoms with Gasteiger partial charge in [-0.3, -0.25) is 9.57 Å². The van der Waals surface area contributed by atoms with E-state index >= 15 is 0 Å². The van der Waals surface area contributed by atoms with Crippen molar-refractivity contribution in [2.75, 3.05) is 12.3 Å². The molecule has 1 saturated heterocycles. The van der Waals surface area contributed by atoms with Crippen LogP contribution in [0.25, 0.3) is 0 Å². The maximum atomic E-state index is 12.2. The third-order valence-corrected chi connectivity index (χ3v) is 6.83. The average Bonchev–Trinajstić information content (AvgIpc) is 3.01. The molecule has 138 valence electrons. The van der Waals surface area contributed by atoms with Crippen LogP contribution in [0.4, 0.5) is 0 Å². The van der Waals surface area contributed by atoms with E-state index in [1.165, 1.54) is 0 Å². The summed E-state index contributed by atoms with van der Waals surface area (Å²) in [6, 6.07) is 17.7. The molecule has 0 saturated carbocycles. The predicted molar refractivity (Wildman–Crippen MR) is 103 cm³/mol. The van der Waals surface area contributed by atoms with Gasteiger partial charge >= 0.3 is 0 Å². The van der Waals surface area contributed by atoms with Crippen LogP contribution in [0.3, 0.4) is 0 Å². The number of carbonyl (C=O) groups is 1. The molecule has 1 aliphatic heterocycles. The van der Waals surface area contributed by atoms with Crippen LogP contribution in [0.1, 0.15) is 24.0 Å². The molecule has 2 N–H and O–H groups in total. The lowest BCUT2D eigenvalue weighted by Gasteiger charge is -2.14. The molecule has 0 radical (unpaired) electrons. The second kappa shape index (κ2) is 8.36. The maximum Gasteiger partial charge on any atom is 0.236 e. The predicted octanol–water partition coefficient (Wildman–Crippen LogP) is 3.13. The number of para-hydroxylation sites is 1. The summed E-state index contributed by atoms with van der Waals surface area (Å²) in [5.74, 6) is 0.877. The highest BCUT2D eigenvalue weighted by Gasteiger charge is 2.33. The molecule has 2 aromatic rings. The minimum atomic E-state index is -2.77. The van der Waals surface area contributed by atoms with E-state index < -0.39 is 15.0 Å². The van der Waals surface area contributed by atoms with E-state index in [1.807, 2.05) is 54.6 Å². The van der Waals surface area contributed by atoms with Gasteiger partial charge in [0.05, 0.1) is 9.73 Å². The van der Waals surface area contributed by atoms with Gasteiger partial charge in [-0.05, 0) is 36.5 Å². The lowest BCUT2D eigenvalue weighted by atomic mass is 10.1. The molecule has 5 nitrogen and oxygen atoms in total. The van der Waals surface area contributed by atoms with Crippen LogP contribution in [0.15, 0.2) is 54.6 Å². The van der Waals surface area contributed by atoms with Gasteiger partial charge in [0.1, 0.15) is 17.6 Å². The van der Waals surface area contributed by atoms with Gasteiger partial charge in [-0.15, -0.1) is 0 Å². The van der Waals surface area contributed by atoms with Crippen LogP contribution in [-0.2, 0) is 27.6 Å². The third-order valence-electron chi connectivity index (χ3n) is 4.57. The number of hydrogen-bond acceptors (Lipinski definition) is 4. The molecule has 26 heavy (non-hydrogen) atoms. The zero-order valence-electron chi connectivity index (χ0n) is 14.6. The second-order valence-corrected chi connectivity index (χ2v) is 8.91. The first-order valence-electron chi connectivity index (χ1n) is 8.84. The first kappa shape index (κ1) is 18.5. The molecule has 1 heterocycles. The molecule has 1 fully saturated rings. The number of ether oxygens (including phenoxy) is 1. The molecule has 2 unspecified atom stereocenters. The summed E-state index contributed by atoms with van der Waals surface area (Å²) < 4.78 is 25.8. The zero-order valence-corrected chi connectivity index (χ0v) is 15.5. The summed E-state index contributed by atoms with van der Waals surface area (Å²) in [4.78, 5) is 12.2. The van der Waals surface area contributed by atoms with Crippen molar-refractivity contribution >= 4 is 15.6 Å². The smallest absolute Gasteiger partial charge is 0.236 e. The van der Waals surface area contributed by atoms with Crippen molar-refractivity contribution in [1.82, 2.24) is 5.32 Å². The normalized spacial score (nSPS) is 22.1. The summed E-state index contributed by atoms with van der Waals surface area (Å²) in [6.45, 7) is 0.934. The van der Waals surface area contributed by atoms with Crippen molar-refractivity contribution in [2.45, 2.75) is 31.1 Å². The summed E-state index contributed by atoms with van der Waals surface area (Å²) in [7, 11) is -2.77. The van der Waals surface area contributed by atoms with Gasteiger partial charge in [-0.2, -0.15) is 0 Å². The summed E-state index contributed by atoms with van der Waals surface area (Å²) >= 11 is 0. The molecular formula is C20H24N2O3S. The van der Waals surface area contributed by atoms with Crippen LogP contribution < -0.4 is 10.1 Å². The van der Waals surface area contributed by atoms with E-state index in [9.17, 15) is 9.00 Å². The highest BCUT2D eigenvalue weighted by Crippen LogP contribution is 2.22. The van der Waals surface area contributed by atoms with E-state index in [0.29, 0.717) is 38.2 Å². The highest BCUT2D eigenvalue weighted by atomic mass is 32.2. The first-order chi connectivity index (χ1) is 12.6. The number of benzene rings is 2. The summed E-state index contributed by atoms with van der Waals surface area (Å²) in [6.07, 6.45) is 1.87. The minimum absolute atomic E-state index is 0.259. The number of hydrogen-bond donors (Lipinski definition) is 2. The Hall–Kier alpha value is -2.34. The number of rotatable bonds is 7. The number of carbonyl (C=O) groups excluding carboxylic acids is 1. The second-order valence-electron chi connectivity index (χ2n) is 6.48. The molecule has 1 amide bonds. The van der Waals surface area contributed by atoms with Gasteiger partial charge in [0, 0.05) is 12.3 Å². The Morgan fingerprint density at radius 3 is 2.62 bits per heavy atom. The van der Waals surface area contributed by atoms with Gasteiger partial charge in [-0.25, -0.2) is 4.21 Å². The topological polar surface area (TPSA) is 79.2 Å². The first-order valence-corrected chi connectivity index (χ1v) is 10.6. The Labute approximate surface area is 154 Å². The number of nitrogens with one attached hydrogen (secondary N) is 2. The molecule has 2 aromatic carbocycles. The Morgan fingerprint density at radius 1 is 1.15 bits per heavy atom. The van der Waals surface area contributed by atoms with E-state index in [4.69, 9.17) is 9.52 Å². The SMILES string of the molecule is N=S1(=O)CCCC1C(=O)NCCc1ccccc1OCc1ccccc1. The zero-order chi connectivity index (χ0) is 18.4. The Morgan fingerprint density at radius 2 is 1.88 bits per heavy atom. The van der Waals surface area contributed by atoms with Crippen LogP contribution >= 0.6 is 0 Å². The van der Waals surface area contributed by atoms with E-state index in [1.54, 1.807) is 0 Å². The fourth-order valence-electron chi connectivity index (χ4n) is 3.14. The Balaban J connectivity index is 1.54. The standard InChI is InChI=1S/C20H24N2O3S/c21-26(24)14-6-11-19(26)20(23)22-13-12-17-9-4-5-10-18(17)25-15-16-7-2-1-3-8-16/h1-5,7-10,19,21H,6,11-15H2,(H,22,23). The van der Waals surface area contributed by atoms with Crippen molar-refractivity contribution in [2.24, 2.45) is 0 Å². The monoisotopic (exact) mass is 372 g/mol. The molecule has 0 bridgehead atoms. The molecule has 1 aliphatic rings. The van der Waals surface area contributed by atoms with Gasteiger partial charge in [0.2, 0.25) is 5.91 Å². The minimum Gasteiger partial charge on any atom is -0.489 e. The largest absolute Gasteiger partial charge is 0.489 e. The quantitative estimate of drug-likeness (QED) is 0.784. The number of amides is 1. The van der Waals surface area contributed by atoms with Crippen LogP contribution in [-0.4, -0.2) is 27.7 Å². The van der Waals surface area contributed by atoms with E-state index in [2.05, 4.69) is 5.32 Å². The van der Waals surface area contributed by atoms with E-state index in [-0.39, 0.29) is 5.91 Å². The van der Waals surface area contributed by atoms with Gasteiger partial charge in [0.25, 0.3) is 0 Å². The molecule has 0 spiro atoms. The van der Waals surface area contributed by atoms with Crippen molar-refractivity contribution < 1.29 is 13.7 Å². The lowest BCUT2D eigenvalue weighted by Crippen LogP contribution is -2.38. The Bertz CT molecular complexity index is 850. The Kier molecular flexibility index (Phi) is 5.93. The van der Waals surface area contributed by atoms with E-state index in [0.717, 1.165) is 16.9 Å². The molecule has 2 atom stereocenters. The molecule has 6 heteroatoms. The maximum absolute atomic E-state index is 12.2. The fraction of sp³-hybridized carbons (Fsp3) is 0.350. The molecule has 0 aliphatic carbocycles. The highest BCUT2D eigenvalue weighted by molar-refractivity contribution is 7.94. The van der Waals surface area contributed by atoms with Crippen LogP contribution in [0, 0.1) is 4.78 Å². The van der Waals surface area contributed by atoms with Crippen LogP contribution in [0.2, 0.25) is 0 Å². The fourth-order valence-corrected chi connectivity index (χ4v) is 5.00. The third kappa shape index (κ3) is 4.64. The van der Waals surface area contributed by atoms with Crippen molar-refractivity contribution in [3.05, 3.63) is 65.7 Å². The van der Waals surface area contributed by atoms with Gasteiger partial charge in [0.15, 0.2) is 0 Å². The van der Waals surface area contributed by atoms with Crippen molar-refractivity contribution in [1.29, 1.82) is 4.78 Å². The molecule has 0 aromatic heterocycles. The summed E-state index contributed by atoms with van der Waals surface area (Å²) in [5, 5.41) is 2.18. The van der Waals surface area contributed by atoms with Crippen molar-refractivity contribution in [3.63, 3.8) is 0 Å². The molecular weight excluding hydrogens is 348 g/mol. The van der Waals surface area contributed by atoms with Gasteiger partial charge in [-0.1, -0.05) is 48.5 Å². The summed E-state index contributed by atoms with van der Waals surface area (Å²) in [5.41, 5.74) is 2.11. The average molecular weight is 372 g/mol. The lowest BCUT2D eigenvalue weighted by molar-refractivity contribution is -0.120. The van der Waals surface area contributed by atoms with Gasteiger partial charge < -0.3 is 10.1 Å². The van der Waals surface area contributed by atoms with Crippen molar-refractivity contribution in [3.8, 4) is 5.75 Å². The molecule has 3 rings (SSSR count).